The Morgan fingerprint density at radius 2 is 2.11 bits per heavy atom. The summed E-state index contributed by atoms with van der Waals surface area (Å²) in [5, 5.41) is 6.14. The highest BCUT2D eigenvalue weighted by atomic mass is 32.1. The van der Waals surface area contributed by atoms with Gasteiger partial charge in [0.05, 0.1) is 18.2 Å². The summed E-state index contributed by atoms with van der Waals surface area (Å²) in [7, 11) is 1.61. The van der Waals surface area contributed by atoms with E-state index in [1.165, 1.54) is 0 Å². The number of nitrogens with zero attached hydrogens (tertiary/aromatic N) is 1. The highest BCUT2D eigenvalue weighted by molar-refractivity contribution is 7.09. The molecule has 2 rings (SSSR count). The van der Waals surface area contributed by atoms with E-state index in [1.807, 2.05) is 39.0 Å². The van der Waals surface area contributed by atoms with Gasteiger partial charge in [0.15, 0.2) is 11.5 Å². The number of rotatable bonds is 10. The number of methoxy groups -OCH3 is 1. The van der Waals surface area contributed by atoms with Crippen LogP contribution in [0.15, 0.2) is 29.7 Å². The summed E-state index contributed by atoms with van der Waals surface area (Å²) < 4.78 is 11.1. The summed E-state index contributed by atoms with van der Waals surface area (Å²) in [6.07, 6.45) is 6.32. The number of unbranched alkanes of at least 4 members (excludes halogenated alkanes) is 1. The Balaban J connectivity index is 1.75. The molecule has 0 atom stereocenters. The van der Waals surface area contributed by atoms with Crippen LogP contribution in [0.5, 0.6) is 11.5 Å². The van der Waals surface area contributed by atoms with Crippen LogP contribution in [0.4, 0.5) is 0 Å². The standard InChI is InChI=1S/C21H28N2O3S/c1-15(2)26-18-10-8-17(13-19(18)25-4)9-11-20(24)22-12-6-5-7-21-23-16(3)14-27-21/h8-11,13-15H,5-7,12H2,1-4H3,(H,22,24)/b11-9+. The summed E-state index contributed by atoms with van der Waals surface area (Å²) >= 11 is 1.70. The van der Waals surface area contributed by atoms with Crippen molar-refractivity contribution in [3.63, 3.8) is 0 Å². The molecule has 0 radical (unpaired) electrons. The number of benzene rings is 1. The Bertz CT molecular complexity index is 769. The van der Waals surface area contributed by atoms with Crippen LogP contribution in [0, 0.1) is 6.92 Å². The summed E-state index contributed by atoms with van der Waals surface area (Å²) in [6, 6.07) is 5.62. The molecule has 6 heteroatoms. The number of thiazole rings is 1. The van der Waals surface area contributed by atoms with Gasteiger partial charge in [0.1, 0.15) is 0 Å². The molecule has 27 heavy (non-hydrogen) atoms. The van der Waals surface area contributed by atoms with Crippen molar-refractivity contribution in [2.24, 2.45) is 0 Å². The fourth-order valence-electron chi connectivity index (χ4n) is 2.50. The summed E-state index contributed by atoms with van der Waals surface area (Å²) in [6.45, 7) is 6.61. The Morgan fingerprint density at radius 1 is 1.30 bits per heavy atom. The van der Waals surface area contributed by atoms with Gasteiger partial charge in [-0.1, -0.05) is 6.07 Å². The highest BCUT2D eigenvalue weighted by Crippen LogP contribution is 2.29. The third-order valence-electron chi connectivity index (χ3n) is 3.76. The van der Waals surface area contributed by atoms with Crippen LogP contribution in [0.3, 0.4) is 0 Å². The first-order valence-electron chi connectivity index (χ1n) is 9.19. The van der Waals surface area contributed by atoms with Gasteiger partial charge in [0.25, 0.3) is 0 Å². The number of nitrogens with one attached hydrogen (secondary N) is 1. The fraction of sp³-hybridized carbons (Fsp3) is 0.429. The topological polar surface area (TPSA) is 60.5 Å². The maximum absolute atomic E-state index is 12.0. The molecule has 0 fully saturated rings. The normalized spacial score (nSPS) is 11.1. The quantitative estimate of drug-likeness (QED) is 0.484. The Hall–Kier alpha value is -2.34. The van der Waals surface area contributed by atoms with E-state index in [0.29, 0.717) is 18.0 Å². The third-order valence-corrected chi connectivity index (χ3v) is 4.79. The van der Waals surface area contributed by atoms with Gasteiger partial charge in [-0.25, -0.2) is 4.98 Å². The molecule has 146 valence electrons. The number of amides is 1. The zero-order chi connectivity index (χ0) is 19.6. The first kappa shape index (κ1) is 21.0. The van der Waals surface area contributed by atoms with Gasteiger partial charge in [-0.05, 0) is 63.8 Å². The molecule has 0 bridgehead atoms. The zero-order valence-electron chi connectivity index (χ0n) is 16.5. The average Bonchev–Trinajstić information content (AvgIpc) is 3.05. The molecule has 1 amide bonds. The lowest BCUT2D eigenvalue weighted by molar-refractivity contribution is -0.116. The lowest BCUT2D eigenvalue weighted by Gasteiger charge is -2.13. The van der Waals surface area contributed by atoms with Crippen molar-refractivity contribution in [1.29, 1.82) is 0 Å². The van der Waals surface area contributed by atoms with E-state index in [1.54, 1.807) is 30.6 Å². The predicted molar refractivity (Wildman–Crippen MR) is 111 cm³/mol. The van der Waals surface area contributed by atoms with Gasteiger partial charge in [-0.3, -0.25) is 4.79 Å². The minimum absolute atomic E-state index is 0.0747. The molecule has 1 aromatic carbocycles. The number of ether oxygens (including phenoxy) is 2. The second-order valence-corrected chi connectivity index (χ2v) is 7.48. The summed E-state index contributed by atoms with van der Waals surface area (Å²) in [5.41, 5.74) is 1.96. The van der Waals surface area contributed by atoms with E-state index in [4.69, 9.17) is 9.47 Å². The molecule has 1 N–H and O–H groups in total. The minimum atomic E-state index is -0.0958. The van der Waals surface area contributed by atoms with E-state index in [2.05, 4.69) is 15.7 Å². The van der Waals surface area contributed by atoms with Crippen molar-refractivity contribution in [2.75, 3.05) is 13.7 Å². The Morgan fingerprint density at radius 3 is 2.78 bits per heavy atom. The first-order chi connectivity index (χ1) is 13.0. The molecule has 0 saturated heterocycles. The van der Waals surface area contributed by atoms with Crippen LogP contribution < -0.4 is 14.8 Å². The maximum Gasteiger partial charge on any atom is 0.243 e. The van der Waals surface area contributed by atoms with Gasteiger partial charge in [0.2, 0.25) is 5.91 Å². The van der Waals surface area contributed by atoms with Gasteiger partial charge in [-0.2, -0.15) is 0 Å². The van der Waals surface area contributed by atoms with Crippen molar-refractivity contribution in [2.45, 2.75) is 46.1 Å². The Labute approximate surface area is 165 Å². The van der Waals surface area contributed by atoms with Crippen molar-refractivity contribution < 1.29 is 14.3 Å². The fourth-order valence-corrected chi connectivity index (χ4v) is 3.32. The van der Waals surface area contributed by atoms with E-state index < -0.39 is 0 Å². The summed E-state index contributed by atoms with van der Waals surface area (Å²) in [4.78, 5) is 16.4. The van der Waals surface area contributed by atoms with Crippen LogP contribution in [0.1, 0.15) is 43.0 Å². The molecule has 0 aliphatic rings. The molecule has 0 aliphatic carbocycles. The van der Waals surface area contributed by atoms with Crippen LogP contribution in [0.25, 0.3) is 6.08 Å². The zero-order valence-corrected chi connectivity index (χ0v) is 17.3. The number of carbonyl (C=O) groups excluding carboxylic acids is 1. The minimum Gasteiger partial charge on any atom is -0.493 e. The molecule has 0 unspecified atom stereocenters. The van der Waals surface area contributed by atoms with Gasteiger partial charge in [0, 0.05) is 23.7 Å². The number of aryl methyl sites for hydroxylation is 2. The second kappa shape index (κ2) is 10.7. The van der Waals surface area contributed by atoms with Gasteiger partial charge >= 0.3 is 0 Å². The number of hydrogen-bond acceptors (Lipinski definition) is 5. The maximum atomic E-state index is 12.0. The molecule has 0 saturated carbocycles. The number of aromatic nitrogens is 1. The van der Waals surface area contributed by atoms with Crippen molar-refractivity contribution in [3.8, 4) is 11.5 Å². The molecular formula is C21H28N2O3S. The molecule has 0 spiro atoms. The van der Waals surface area contributed by atoms with Crippen LogP contribution in [-0.2, 0) is 11.2 Å². The van der Waals surface area contributed by atoms with Crippen LogP contribution >= 0.6 is 11.3 Å². The smallest absolute Gasteiger partial charge is 0.243 e. The van der Waals surface area contributed by atoms with E-state index in [9.17, 15) is 4.79 Å². The molecule has 1 aromatic heterocycles. The lowest BCUT2D eigenvalue weighted by atomic mass is 10.2. The molecule has 5 nitrogen and oxygen atoms in total. The van der Waals surface area contributed by atoms with E-state index >= 15 is 0 Å². The van der Waals surface area contributed by atoms with E-state index in [-0.39, 0.29) is 12.0 Å². The average molecular weight is 389 g/mol. The molecule has 0 aliphatic heterocycles. The molecular weight excluding hydrogens is 360 g/mol. The highest BCUT2D eigenvalue weighted by Gasteiger charge is 2.06. The van der Waals surface area contributed by atoms with Crippen molar-refractivity contribution >= 4 is 23.3 Å². The second-order valence-electron chi connectivity index (χ2n) is 6.54. The van der Waals surface area contributed by atoms with E-state index in [0.717, 1.165) is 35.5 Å². The summed E-state index contributed by atoms with van der Waals surface area (Å²) in [5.74, 6) is 1.26. The van der Waals surface area contributed by atoms with Gasteiger partial charge < -0.3 is 14.8 Å². The predicted octanol–water partition coefficient (Wildman–Crippen LogP) is 4.40. The third kappa shape index (κ3) is 7.43. The van der Waals surface area contributed by atoms with Crippen LogP contribution in [0.2, 0.25) is 0 Å². The van der Waals surface area contributed by atoms with Crippen molar-refractivity contribution in [3.05, 3.63) is 45.9 Å². The first-order valence-corrected chi connectivity index (χ1v) is 10.1. The lowest BCUT2D eigenvalue weighted by Crippen LogP contribution is -2.22. The Kier molecular flexibility index (Phi) is 8.33. The number of carbonyl (C=O) groups is 1. The van der Waals surface area contributed by atoms with Crippen molar-refractivity contribution in [1.82, 2.24) is 10.3 Å². The van der Waals surface area contributed by atoms with Gasteiger partial charge in [-0.15, -0.1) is 11.3 Å². The monoisotopic (exact) mass is 388 g/mol. The molecule has 2 aromatic rings. The number of hydrogen-bond donors (Lipinski definition) is 1. The SMILES string of the molecule is COc1cc(/C=C/C(=O)NCCCCc2nc(C)cs2)ccc1OC(C)C. The molecule has 1 heterocycles. The largest absolute Gasteiger partial charge is 0.493 e. The van der Waals surface area contributed by atoms with Crippen LogP contribution in [-0.4, -0.2) is 30.6 Å².